The number of methoxy groups -OCH3 is 1. The minimum absolute atomic E-state index is 0.0639. The minimum atomic E-state index is -0.408. The molecule has 0 bridgehead atoms. The van der Waals surface area contributed by atoms with E-state index in [0.29, 0.717) is 18.5 Å². The fourth-order valence-electron chi connectivity index (χ4n) is 1.66. The second kappa shape index (κ2) is 8.84. The normalized spacial score (nSPS) is 10.0. The van der Waals surface area contributed by atoms with E-state index in [1.807, 2.05) is 0 Å². The van der Waals surface area contributed by atoms with Crippen LogP contribution in [0.3, 0.4) is 0 Å². The average Bonchev–Trinajstić information content (AvgIpc) is 2.49. The van der Waals surface area contributed by atoms with E-state index >= 15 is 0 Å². The van der Waals surface area contributed by atoms with Gasteiger partial charge in [-0.3, -0.25) is 14.4 Å². The third-order valence-corrected chi connectivity index (χ3v) is 2.85. The van der Waals surface area contributed by atoms with E-state index in [1.165, 1.54) is 31.4 Å². The Morgan fingerprint density at radius 3 is 2.38 bits per heavy atom. The SMILES string of the molecule is COC(=O)CCCNC(=O)CCC(=O)c1ccc(F)cc1. The van der Waals surface area contributed by atoms with Crippen molar-refractivity contribution in [1.29, 1.82) is 0 Å². The van der Waals surface area contributed by atoms with Gasteiger partial charge in [0.2, 0.25) is 5.91 Å². The van der Waals surface area contributed by atoms with E-state index in [1.54, 1.807) is 0 Å². The average molecular weight is 295 g/mol. The molecular formula is C15H18FNO4. The third kappa shape index (κ3) is 6.65. The zero-order valence-electron chi connectivity index (χ0n) is 11.9. The van der Waals surface area contributed by atoms with Crippen molar-refractivity contribution in [3.05, 3.63) is 35.6 Å². The van der Waals surface area contributed by atoms with Crippen LogP contribution in [0.1, 0.15) is 36.0 Å². The molecule has 6 heteroatoms. The van der Waals surface area contributed by atoms with Gasteiger partial charge in [0.15, 0.2) is 5.78 Å². The van der Waals surface area contributed by atoms with Crippen LogP contribution in [0.4, 0.5) is 4.39 Å². The Morgan fingerprint density at radius 1 is 1.10 bits per heavy atom. The van der Waals surface area contributed by atoms with Crippen LogP contribution in [0.25, 0.3) is 0 Å². The van der Waals surface area contributed by atoms with Gasteiger partial charge >= 0.3 is 5.97 Å². The lowest BCUT2D eigenvalue weighted by atomic mass is 10.1. The molecule has 1 aromatic carbocycles. The highest BCUT2D eigenvalue weighted by Crippen LogP contribution is 2.07. The van der Waals surface area contributed by atoms with Crippen molar-refractivity contribution in [3.63, 3.8) is 0 Å². The first kappa shape index (κ1) is 16.8. The van der Waals surface area contributed by atoms with Crippen LogP contribution >= 0.6 is 0 Å². The Hall–Kier alpha value is -2.24. The maximum Gasteiger partial charge on any atom is 0.305 e. The molecule has 0 spiro atoms. The molecule has 0 heterocycles. The minimum Gasteiger partial charge on any atom is -0.469 e. The summed E-state index contributed by atoms with van der Waals surface area (Å²) in [6.45, 7) is 0.360. The van der Waals surface area contributed by atoms with E-state index < -0.39 is 5.82 Å². The summed E-state index contributed by atoms with van der Waals surface area (Å²) in [5, 5.41) is 2.62. The summed E-state index contributed by atoms with van der Waals surface area (Å²) in [6, 6.07) is 5.21. The van der Waals surface area contributed by atoms with Crippen LogP contribution in [0.2, 0.25) is 0 Å². The zero-order valence-corrected chi connectivity index (χ0v) is 11.9. The molecule has 114 valence electrons. The highest BCUT2D eigenvalue weighted by molar-refractivity contribution is 5.97. The van der Waals surface area contributed by atoms with Crippen molar-refractivity contribution in [2.24, 2.45) is 0 Å². The van der Waals surface area contributed by atoms with Gasteiger partial charge < -0.3 is 10.1 Å². The van der Waals surface area contributed by atoms with E-state index in [-0.39, 0.29) is 36.9 Å². The van der Waals surface area contributed by atoms with Crippen LogP contribution in [0.5, 0.6) is 0 Å². The summed E-state index contributed by atoms with van der Waals surface area (Å²) in [4.78, 5) is 34.1. The Bertz CT molecular complexity index is 499. The van der Waals surface area contributed by atoms with Gasteiger partial charge in [-0.25, -0.2) is 4.39 Å². The predicted molar refractivity (Wildman–Crippen MR) is 74.2 cm³/mol. The molecule has 0 fully saturated rings. The lowest BCUT2D eigenvalue weighted by Crippen LogP contribution is -2.25. The number of hydrogen-bond donors (Lipinski definition) is 1. The molecule has 0 saturated carbocycles. The fraction of sp³-hybridized carbons (Fsp3) is 0.400. The Labute approximate surface area is 122 Å². The lowest BCUT2D eigenvalue weighted by Gasteiger charge is -2.04. The number of carbonyl (C=O) groups is 3. The molecule has 0 aliphatic carbocycles. The van der Waals surface area contributed by atoms with Crippen molar-refractivity contribution in [3.8, 4) is 0 Å². The quantitative estimate of drug-likeness (QED) is 0.451. The first-order valence-corrected chi connectivity index (χ1v) is 6.65. The number of hydrogen-bond acceptors (Lipinski definition) is 4. The maximum absolute atomic E-state index is 12.7. The number of ether oxygens (including phenoxy) is 1. The van der Waals surface area contributed by atoms with Crippen LogP contribution in [0.15, 0.2) is 24.3 Å². The lowest BCUT2D eigenvalue weighted by molar-refractivity contribution is -0.140. The number of benzene rings is 1. The van der Waals surface area contributed by atoms with Crippen LogP contribution in [-0.4, -0.2) is 31.3 Å². The summed E-state index contributed by atoms with van der Waals surface area (Å²) < 4.78 is 17.2. The van der Waals surface area contributed by atoms with E-state index in [0.717, 1.165) is 0 Å². The van der Waals surface area contributed by atoms with Gasteiger partial charge in [0.1, 0.15) is 5.82 Å². The van der Waals surface area contributed by atoms with Gasteiger partial charge in [-0.15, -0.1) is 0 Å². The molecule has 1 rings (SSSR count). The van der Waals surface area contributed by atoms with Gasteiger partial charge in [-0.2, -0.15) is 0 Å². The monoisotopic (exact) mass is 295 g/mol. The van der Waals surface area contributed by atoms with Crippen LogP contribution < -0.4 is 5.32 Å². The number of halogens is 1. The molecule has 0 aromatic heterocycles. The molecule has 0 unspecified atom stereocenters. The summed E-state index contributed by atoms with van der Waals surface area (Å²) >= 11 is 0. The number of ketones is 1. The standard InChI is InChI=1S/C15H18FNO4/c1-21-15(20)3-2-10-17-14(19)9-8-13(18)11-4-6-12(16)7-5-11/h4-7H,2-3,8-10H2,1H3,(H,17,19). The highest BCUT2D eigenvalue weighted by atomic mass is 19.1. The van der Waals surface area contributed by atoms with Gasteiger partial charge in [0.25, 0.3) is 0 Å². The Morgan fingerprint density at radius 2 is 1.76 bits per heavy atom. The first-order chi connectivity index (χ1) is 10.0. The van der Waals surface area contributed by atoms with Crippen LogP contribution in [0, 0.1) is 5.82 Å². The molecule has 0 aliphatic rings. The van der Waals surface area contributed by atoms with Gasteiger partial charge in [-0.1, -0.05) is 0 Å². The molecule has 21 heavy (non-hydrogen) atoms. The van der Waals surface area contributed by atoms with Crippen LogP contribution in [-0.2, 0) is 14.3 Å². The van der Waals surface area contributed by atoms with Crippen molar-refractivity contribution in [2.75, 3.05) is 13.7 Å². The second-order valence-corrected chi connectivity index (χ2v) is 4.46. The number of amides is 1. The van der Waals surface area contributed by atoms with E-state index in [2.05, 4.69) is 10.1 Å². The van der Waals surface area contributed by atoms with Gasteiger partial charge in [-0.05, 0) is 30.7 Å². The Kier molecular flexibility index (Phi) is 7.08. The molecule has 1 N–H and O–H groups in total. The summed E-state index contributed by atoms with van der Waals surface area (Å²) in [5.41, 5.74) is 0.384. The molecule has 0 aliphatic heterocycles. The van der Waals surface area contributed by atoms with Gasteiger partial charge in [0.05, 0.1) is 7.11 Å². The molecule has 1 amide bonds. The van der Waals surface area contributed by atoms with Crippen molar-refractivity contribution >= 4 is 17.7 Å². The number of esters is 1. The summed E-state index contributed by atoms with van der Waals surface area (Å²) in [7, 11) is 1.31. The number of rotatable bonds is 8. The van der Waals surface area contributed by atoms with E-state index in [9.17, 15) is 18.8 Å². The number of Topliss-reactive ketones (excluding diaryl/α,β-unsaturated/α-hetero) is 1. The molecule has 0 radical (unpaired) electrons. The third-order valence-electron chi connectivity index (χ3n) is 2.85. The number of nitrogens with one attached hydrogen (secondary N) is 1. The Balaban J connectivity index is 2.22. The number of carbonyl (C=O) groups excluding carboxylic acids is 3. The van der Waals surface area contributed by atoms with E-state index in [4.69, 9.17) is 0 Å². The predicted octanol–water partition coefficient (Wildman–Crippen LogP) is 1.86. The highest BCUT2D eigenvalue weighted by Gasteiger charge is 2.09. The maximum atomic E-state index is 12.7. The second-order valence-electron chi connectivity index (χ2n) is 4.46. The van der Waals surface area contributed by atoms with Crippen molar-refractivity contribution in [1.82, 2.24) is 5.32 Å². The molecule has 5 nitrogen and oxygen atoms in total. The molecule has 0 atom stereocenters. The smallest absolute Gasteiger partial charge is 0.305 e. The summed E-state index contributed by atoms with van der Waals surface area (Å²) in [5.74, 6) is -1.19. The summed E-state index contributed by atoms with van der Waals surface area (Å²) in [6.07, 6.45) is 0.860. The largest absolute Gasteiger partial charge is 0.469 e. The van der Waals surface area contributed by atoms with Crippen molar-refractivity contribution in [2.45, 2.75) is 25.7 Å². The zero-order chi connectivity index (χ0) is 15.7. The first-order valence-electron chi connectivity index (χ1n) is 6.65. The fourth-order valence-corrected chi connectivity index (χ4v) is 1.66. The molecule has 1 aromatic rings. The molecular weight excluding hydrogens is 277 g/mol. The molecule has 0 saturated heterocycles. The van der Waals surface area contributed by atoms with Gasteiger partial charge in [0, 0.05) is 31.4 Å². The topological polar surface area (TPSA) is 72.5 Å². The van der Waals surface area contributed by atoms with Crippen molar-refractivity contribution < 1.29 is 23.5 Å².